The van der Waals surface area contributed by atoms with Crippen LogP contribution in [0.2, 0.25) is 0 Å². The molecule has 2 rings (SSSR count). The summed E-state index contributed by atoms with van der Waals surface area (Å²) in [6.07, 6.45) is -3.71. The predicted octanol–water partition coefficient (Wildman–Crippen LogP) is 2.12. The van der Waals surface area contributed by atoms with Crippen LogP contribution in [0.25, 0.3) is 0 Å². The minimum absolute atomic E-state index is 0.0915. The number of nitrogens with zero attached hydrogens (tertiary/aromatic N) is 2. The molecule has 8 heteroatoms. The molecule has 0 atom stereocenters. The van der Waals surface area contributed by atoms with E-state index in [1.165, 1.54) is 12.1 Å². The molecule has 0 aliphatic heterocycles. The Morgan fingerprint density at radius 3 is 2.50 bits per heavy atom. The van der Waals surface area contributed by atoms with Crippen molar-refractivity contribution in [1.29, 1.82) is 0 Å². The molecule has 1 saturated carbocycles. The quantitative estimate of drug-likeness (QED) is 0.871. The van der Waals surface area contributed by atoms with Gasteiger partial charge in [-0.1, -0.05) is 6.92 Å². The van der Waals surface area contributed by atoms with Crippen LogP contribution in [0.15, 0.2) is 12.1 Å². The van der Waals surface area contributed by atoms with Gasteiger partial charge in [0.2, 0.25) is 0 Å². The molecule has 20 heavy (non-hydrogen) atoms. The van der Waals surface area contributed by atoms with Crippen molar-refractivity contribution in [1.82, 2.24) is 15.5 Å². The second-order valence-electron chi connectivity index (χ2n) is 4.76. The molecule has 1 fully saturated rings. The van der Waals surface area contributed by atoms with Crippen molar-refractivity contribution in [3.8, 4) is 0 Å². The number of carbonyl (C=O) groups excluding carboxylic acids is 1. The summed E-state index contributed by atoms with van der Waals surface area (Å²) in [4.78, 5) is 11.7. The average molecular weight is 288 g/mol. The molecule has 0 unspecified atom stereocenters. The third kappa shape index (κ3) is 3.00. The number of halogens is 3. The van der Waals surface area contributed by atoms with Crippen LogP contribution < -0.4 is 10.6 Å². The van der Waals surface area contributed by atoms with E-state index < -0.39 is 17.6 Å². The molecule has 110 valence electrons. The number of amides is 1. The van der Waals surface area contributed by atoms with Gasteiger partial charge in [-0.15, -0.1) is 10.2 Å². The van der Waals surface area contributed by atoms with Gasteiger partial charge in [-0.3, -0.25) is 4.79 Å². The number of hydrogen-bond acceptors (Lipinski definition) is 4. The Morgan fingerprint density at radius 2 is 2.05 bits per heavy atom. The van der Waals surface area contributed by atoms with E-state index in [0.29, 0.717) is 12.4 Å². The highest BCUT2D eigenvalue weighted by molar-refractivity contribution is 5.93. The summed E-state index contributed by atoms with van der Waals surface area (Å²) in [5.74, 6) is -0.366. The third-order valence-electron chi connectivity index (χ3n) is 3.10. The van der Waals surface area contributed by atoms with Crippen molar-refractivity contribution in [2.45, 2.75) is 37.9 Å². The van der Waals surface area contributed by atoms with Gasteiger partial charge < -0.3 is 10.6 Å². The topological polar surface area (TPSA) is 66.9 Å². The van der Waals surface area contributed by atoms with Crippen molar-refractivity contribution in [2.24, 2.45) is 0 Å². The molecule has 0 bridgehead atoms. The van der Waals surface area contributed by atoms with E-state index in [2.05, 4.69) is 15.5 Å². The maximum atomic E-state index is 12.7. The fourth-order valence-electron chi connectivity index (χ4n) is 1.69. The summed E-state index contributed by atoms with van der Waals surface area (Å²) in [6, 6.07) is 2.87. The van der Waals surface area contributed by atoms with Gasteiger partial charge in [-0.05, 0) is 31.4 Å². The zero-order chi connectivity index (χ0) is 14.8. The lowest BCUT2D eigenvalue weighted by Gasteiger charge is -2.20. The summed E-state index contributed by atoms with van der Waals surface area (Å²) in [7, 11) is 0. The highest BCUT2D eigenvalue weighted by Crippen LogP contribution is 2.48. The second-order valence-corrected chi connectivity index (χ2v) is 4.76. The van der Waals surface area contributed by atoms with Crippen LogP contribution in [0.4, 0.5) is 19.0 Å². The summed E-state index contributed by atoms with van der Waals surface area (Å²) in [5.41, 5.74) is -2.20. The normalized spacial score (nSPS) is 16.6. The van der Waals surface area contributed by atoms with Crippen LogP contribution in [-0.4, -0.2) is 34.4 Å². The van der Waals surface area contributed by atoms with Gasteiger partial charge in [0.05, 0.1) is 0 Å². The van der Waals surface area contributed by atoms with Gasteiger partial charge in [0.15, 0.2) is 5.69 Å². The third-order valence-corrected chi connectivity index (χ3v) is 3.10. The summed E-state index contributed by atoms with van der Waals surface area (Å²) < 4.78 is 38.1. The standard InChI is InChI=1S/C12H15F3N4O/c1-2-7-16-9-4-3-8(18-19-9)10(20)17-11(5-6-11)12(13,14)15/h3-4H,2,5-7H2,1H3,(H,16,19)(H,17,20). The lowest BCUT2D eigenvalue weighted by atomic mass is 10.2. The SMILES string of the molecule is CCCNc1ccc(C(=O)NC2(C(F)(F)F)CC2)nn1. The molecule has 1 amide bonds. The lowest BCUT2D eigenvalue weighted by Crippen LogP contribution is -2.48. The molecule has 0 radical (unpaired) electrons. The second kappa shape index (κ2) is 5.26. The lowest BCUT2D eigenvalue weighted by molar-refractivity contribution is -0.163. The minimum Gasteiger partial charge on any atom is -0.369 e. The van der Waals surface area contributed by atoms with Gasteiger partial charge in [0.25, 0.3) is 5.91 Å². The first-order chi connectivity index (χ1) is 9.38. The van der Waals surface area contributed by atoms with E-state index in [9.17, 15) is 18.0 Å². The van der Waals surface area contributed by atoms with E-state index in [4.69, 9.17) is 0 Å². The van der Waals surface area contributed by atoms with Crippen LogP contribution >= 0.6 is 0 Å². The number of rotatable bonds is 5. The molecule has 1 aliphatic rings. The number of hydrogen-bond donors (Lipinski definition) is 2. The van der Waals surface area contributed by atoms with E-state index >= 15 is 0 Å². The maximum Gasteiger partial charge on any atom is 0.411 e. The average Bonchev–Trinajstić information content (AvgIpc) is 3.17. The molecule has 0 aromatic carbocycles. The van der Waals surface area contributed by atoms with Crippen molar-refractivity contribution in [2.75, 3.05) is 11.9 Å². The number of aromatic nitrogens is 2. The van der Waals surface area contributed by atoms with Crippen LogP contribution in [-0.2, 0) is 0 Å². The summed E-state index contributed by atoms with van der Waals surface area (Å²) >= 11 is 0. The van der Waals surface area contributed by atoms with E-state index in [0.717, 1.165) is 6.42 Å². The first-order valence-corrected chi connectivity index (χ1v) is 6.35. The van der Waals surface area contributed by atoms with Gasteiger partial charge in [-0.25, -0.2) is 0 Å². The minimum atomic E-state index is -4.43. The highest BCUT2D eigenvalue weighted by atomic mass is 19.4. The van der Waals surface area contributed by atoms with Crippen molar-refractivity contribution >= 4 is 11.7 Å². The zero-order valence-electron chi connectivity index (χ0n) is 10.9. The molecule has 0 spiro atoms. The van der Waals surface area contributed by atoms with Gasteiger partial charge in [-0.2, -0.15) is 13.2 Å². The molecule has 2 N–H and O–H groups in total. The van der Waals surface area contributed by atoms with Crippen LogP contribution in [0, 0.1) is 0 Å². The number of anilines is 1. The monoisotopic (exact) mass is 288 g/mol. The molecular weight excluding hydrogens is 273 g/mol. The fourth-order valence-corrected chi connectivity index (χ4v) is 1.69. The predicted molar refractivity (Wildman–Crippen MR) is 66.3 cm³/mol. The summed E-state index contributed by atoms with van der Waals surface area (Å²) in [5, 5.41) is 12.3. The van der Waals surface area contributed by atoms with E-state index in [1.807, 2.05) is 12.2 Å². The van der Waals surface area contributed by atoms with Gasteiger partial charge in [0, 0.05) is 6.54 Å². The molecule has 1 aliphatic carbocycles. The van der Waals surface area contributed by atoms with Crippen LogP contribution in [0.5, 0.6) is 0 Å². The Kier molecular flexibility index (Phi) is 3.82. The first kappa shape index (κ1) is 14.5. The number of carbonyl (C=O) groups is 1. The molecule has 0 saturated heterocycles. The first-order valence-electron chi connectivity index (χ1n) is 6.35. The van der Waals surface area contributed by atoms with Crippen molar-refractivity contribution < 1.29 is 18.0 Å². The van der Waals surface area contributed by atoms with Crippen LogP contribution in [0.3, 0.4) is 0 Å². The molecule has 1 aromatic rings. The Morgan fingerprint density at radius 1 is 1.35 bits per heavy atom. The maximum absolute atomic E-state index is 12.7. The Labute approximate surface area is 114 Å². The van der Waals surface area contributed by atoms with Crippen molar-refractivity contribution in [3.63, 3.8) is 0 Å². The van der Waals surface area contributed by atoms with Crippen LogP contribution in [0.1, 0.15) is 36.7 Å². The Balaban J connectivity index is 2.00. The molecular formula is C12H15F3N4O. The molecule has 1 aromatic heterocycles. The Bertz CT molecular complexity index is 482. The van der Waals surface area contributed by atoms with E-state index in [1.54, 1.807) is 0 Å². The van der Waals surface area contributed by atoms with Gasteiger partial charge in [0.1, 0.15) is 11.4 Å². The largest absolute Gasteiger partial charge is 0.411 e. The molecule has 1 heterocycles. The Hall–Kier alpha value is -1.86. The fraction of sp³-hybridized carbons (Fsp3) is 0.583. The highest BCUT2D eigenvalue weighted by Gasteiger charge is 2.64. The zero-order valence-corrected chi connectivity index (χ0v) is 10.9. The van der Waals surface area contributed by atoms with Gasteiger partial charge >= 0.3 is 6.18 Å². The number of alkyl halides is 3. The molecule has 5 nitrogen and oxygen atoms in total. The summed E-state index contributed by atoms with van der Waals surface area (Å²) in [6.45, 7) is 2.69. The smallest absolute Gasteiger partial charge is 0.369 e. The number of nitrogens with one attached hydrogen (secondary N) is 2. The van der Waals surface area contributed by atoms with Crippen molar-refractivity contribution in [3.05, 3.63) is 17.8 Å². The van der Waals surface area contributed by atoms with E-state index in [-0.39, 0.29) is 18.5 Å².